The fourth-order valence-corrected chi connectivity index (χ4v) is 2.69. The first-order chi connectivity index (χ1) is 8.76. The van der Waals surface area contributed by atoms with E-state index in [0.29, 0.717) is 0 Å². The summed E-state index contributed by atoms with van der Waals surface area (Å²) in [5.41, 5.74) is 7.65. The number of fused-ring (bicyclic) bond motifs is 1. The van der Waals surface area contributed by atoms with Crippen molar-refractivity contribution in [1.29, 1.82) is 0 Å². The van der Waals surface area contributed by atoms with Gasteiger partial charge in [0.25, 0.3) is 0 Å². The molecule has 3 rings (SSSR count). The molecule has 2 heterocycles. The molecule has 0 amide bonds. The molecule has 0 aliphatic rings. The second-order valence-corrected chi connectivity index (χ2v) is 5.12. The van der Waals surface area contributed by atoms with E-state index in [9.17, 15) is 0 Å². The third-order valence-corrected chi connectivity index (χ3v) is 3.65. The van der Waals surface area contributed by atoms with Crippen LogP contribution in [-0.4, -0.2) is 19.8 Å². The Hall–Kier alpha value is -1.95. The molecule has 0 unspecified atom stereocenters. The van der Waals surface area contributed by atoms with Crippen LogP contribution < -0.4 is 5.73 Å². The minimum atomic E-state index is 0.783. The number of aromatic nitrogens is 4. The molecule has 0 aliphatic carbocycles. The number of anilines is 1. The van der Waals surface area contributed by atoms with Gasteiger partial charge < -0.3 is 5.73 Å². The fraction of sp³-hybridized carbons (Fsp3) is 0.250. The zero-order valence-electron chi connectivity index (χ0n) is 10.00. The molecule has 6 heteroatoms. The van der Waals surface area contributed by atoms with Crippen molar-refractivity contribution in [2.75, 3.05) is 5.73 Å². The number of hydrogen-bond donors (Lipinski definition) is 1. The van der Waals surface area contributed by atoms with Crippen LogP contribution in [0.5, 0.6) is 0 Å². The summed E-state index contributed by atoms with van der Waals surface area (Å²) in [6.07, 6.45) is 1.64. The van der Waals surface area contributed by atoms with Crippen molar-refractivity contribution in [1.82, 2.24) is 19.8 Å². The highest BCUT2D eigenvalue weighted by Gasteiger charge is 2.10. The van der Waals surface area contributed by atoms with Gasteiger partial charge in [-0.15, -0.1) is 10.2 Å². The molecule has 0 fully saturated rings. The summed E-state index contributed by atoms with van der Waals surface area (Å²) in [6.45, 7) is 2.05. The maximum atomic E-state index is 5.67. The van der Waals surface area contributed by atoms with Crippen LogP contribution in [0.3, 0.4) is 0 Å². The van der Waals surface area contributed by atoms with Crippen LogP contribution in [0.1, 0.15) is 23.3 Å². The SMILES string of the molecule is CCc1nnc2sc(Cc3ccc(N)cc3)nn12. The summed E-state index contributed by atoms with van der Waals surface area (Å²) in [5.74, 6) is 0.907. The van der Waals surface area contributed by atoms with Gasteiger partial charge in [0.05, 0.1) is 0 Å². The Bertz CT molecular complexity index is 667. The van der Waals surface area contributed by atoms with Gasteiger partial charge in [-0.3, -0.25) is 0 Å². The first-order valence-electron chi connectivity index (χ1n) is 5.80. The molecule has 2 aromatic heterocycles. The maximum absolute atomic E-state index is 5.67. The molecule has 3 aromatic rings. The molecule has 92 valence electrons. The van der Waals surface area contributed by atoms with Crippen molar-refractivity contribution in [2.24, 2.45) is 0 Å². The van der Waals surface area contributed by atoms with Crippen LogP contribution in [0.25, 0.3) is 4.96 Å². The molecular weight excluding hydrogens is 246 g/mol. The van der Waals surface area contributed by atoms with Crippen LogP contribution in [0, 0.1) is 0 Å². The Kier molecular flexibility index (Phi) is 2.71. The van der Waals surface area contributed by atoms with Crippen molar-refractivity contribution in [2.45, 2.75) is 19.8 Å². The van der Waals surface area contributed by atoms with Gasteiger partial charge in [-0.1, -0.05) is 30.4 Å². The lowest BCUT2D eigenvalue weighted by Crippen LogP contribution is -1.95. The Morgan fingerprint density at radius 3 is 2.72 bits per heavy atom. The van der Waals surface area contributed by atoms with E-state index in [4.69, 9.17) is 5.73 Å². The molecule has 0 saturated heterocycles. The number of hydrogen-bond acceptors (Lipinski definition) is 5. The monoisotopic (exact) mass is 259 g/mol. The molecular formula is C12H13N5S. The van der Waals surface area contributed by atoms with E-state index in [1.54, 1.807) is 11.3 Å². The molecule has 0 spiro atoms. The van der Waals surface area contributed by atoms with Crippen LogP contribution in [0.4, 0.5) is 5.69 Å². The third kappa shape index (κ3) is 1.95. The van der Waals surface area contributed by atoms with E-state index in [-0.39, 0.29) is 0 Å². The van der Waals surface area contributed by atoms with E-state index in [1.165, 1.54) is 5.56 Å². The molecule has 5 nitrogen and oxygen atoms in total. The second-order valence-electron chi connectivity index (χ2n) is 4.08. The van der Waals surface area contributed by atoms with Gasteiger partial charge in [0.15, 0.2) is 5.82 Å². The van der Waals surface area contributed by atoms with E-state index < -0.39 is 0 Å². The normalized spacial score (nSPS) is 11.2. The number of nitrogens with zero attached hydrogens (tertiary/aromatic N) is 4. The molecule has 2 N–H and O–H groups in total. The summed E-state index contributed by atoms with van der Waals surface area (Å²) in [6, 6.07) is 7.87. The Balaban J connectivity index is 1.90. The van der Waals surface area contributed by atoms with Crippen molar-refractivity contribution in [3.63, 3.8) is 0 Å². The molecule has 1 aromatic carbocycles. The highest BCUT2D eigenvalue weighted by molar-refractivity contribution is 7.16. The van der Waals surface area contributed by atoms with Crippen LogP contribution in [0.15, 0.2) is 24.3 Å². The minimum Gasteiger partial charge on any atom is -0.399 e. The average Bonchev–Trinajstić information content (AvgIpc) is 2.91. The van der Waals surface area contributed by atoms with Crippen molar-refractivity contribution >= 4 is 22.0 Å². The van der Waals surface area contributed by atoms with Gasteiger partial charge in [0.2, 0.25) is 4.96 Å². The molecule has 0 bridgehead atoms. The van der Waals surface area contributed by atoms with Crippen molar-refractivity contribution in [3.8, 4) is 0 Å². The van der Waals surface area contributed by atoms with Crippen LogP contribution in [-0.2, 0) is 12.8 Å². The van der Waals surface area contributed by atoms with Crippen LogP contribution >= 0.6 is 11.3 Å². The van der Waals surface area contributed by atoms with Gasteiger partial charge in [-0.25, -0.2) is 0 Å². The maximum Gasteiger partial charge on any atom is 0.234 e. The summed E-state index contributed by atoms with van der Waals surface area (Å²) < 4.78 is 1.83. The number of aryl methyl sites for hydroxylation is 1. The van der Waals surface area contributed by atoms with Crippen LogP contribution in [0.2, 0.25) is 0 Å². The summed E-state index contributed by atoms with van der Waals surface area (Å²) in [4.78, 5) is 0.859. The van der Waals surface area contributed by atoms with Gasteiger partial charge >= 0.3 is 0 Å². The predicted molar refractivity (Wildman–Crippen MR) is 71.7 cm³/mol. The number of benzene rings is 1. The van der Waals surface area contributed by atoms with Crippen molar-refractivity contribution in [3.05, 3.63) is 40.7 Å². The summed E-state index contributed by atoms with van der Waals surface area (Å²) >= 11 is 1.58. The summed E-state index contributed by atoms with van der Waals surface area (Å²) in [7, 11) is 0. The fourth-order valence-electron chi connectivity index (χ4n) is 1.80. The number of nitrogen functional groups attached to an aromatic ring is 1. The standard InChI is InChI=1S/C12H13N5S/c1-2-10-14-15-12-17(10)16-11(18-12)7-8-3-5-9(13)6-4-8/h3-6H,2,7,13H2,1H3. The highest BCUT2D eigenvalue weighted by Crippen LogP contribution is 2.18. The first-order valence-corrected chi connectivity index (χ1v) is 6.62. The first kappa shape index (κ1) is 11.2. The minimum absolute atomic E-state index is 0.783. The topological polar surface area (TPSA) is 69.1 Å². The van der Waals surface area contributed by atoms with Gasteiger partial charge in [0, 0.05) is 18.5 Å². The highest BCUT2D eigenvalue weighted by atomic mass is 32.1. The van der Waals surface area contributed by atoms with E-state index in [1.807, 2.05) is 28.8 Å². The zero-order valence-corrected chi connectivity index (χ0v) is 10.8. The van der Waals surface area contributed by atoms with Gasteiger partial charge in [-0.2, -0.15) is 9.61 Å². The number of rotatable bonds is 3. The average molecular weight is 259 g/mol. The zero-order chi connectivity index (χ0) is 12.5. The third-order valence-electron chi connectivity index (χ3n) is 2.75. The quantitative estimate of drug-likeness (QED) is 0.730. The van der Waals surface area contributed by atoms with Gasteiger partial charge in [-0.05, 0) is 17.7 Å². The lowest BCUT2D eigenvalue weighted by molar-refractivity contribution is 0.817. The Morgan fingerprint density at radius 2 is 2.00 bits per heavy atom. The van der Waals surface area contributed by atoms with E-state index >= 15 is 0 Å². The van der Waals surface area contributed by atoms with E-state index in [0.717, 1.165) is 34.3 Å². The molecule has 0 saturated carbocycles. The second kappa shape index (κ2) is 4.38. The van der Waals surface area contributed by atoms with Gasteiger partial charge in [0.1, 0.15) is 5.01 Å². The van der Waals surface area contributed by atoms with E-state index in [2.05, 4.69) is 22.2 Å². The number of nitrogens with two attached hydrogens (primary N) is 1. The smallest absolute Gasteiger partial charge is 0.234 e. The summed E-state index contributed by atoms with van der Waals surface area (Å²) in [5, 5.41) is 13.8. The molecule has 18 heavy (non-hydrogen) atoms. The molecule has 0 atom stereocenters. The predicted octanol–water partition coefficient (Wildman–Crippen LogP) is 1.92. The Labute approximate surface area is 108 Å². The largest absolute Gasteiger partial charge is 0.399 e. The Morgan fingerprint density at radius 1 is 1.22 bits per heavy atom. The lowest BCUT2D eigenvalue weighted by atomic mass is 10.1. The molecule has 0 aliphatic heterocycles. The lowest BCUT2D eigenvalue weighted by Gasteiger charge is -1.98. The molecule has 0 radical (unpaired) electrons. The van der Waals surface area contributed by atoms with Crippen molar-refractivity contribution < 1.29 is 0 Å².